The fourth-order valence-electron chi connectivity index (χ4n) is 3.27. The third-order valence-corrected chi connectivity index (χ3v) is 4.82. The van der Waals surface area contributed by atoms with Crippen LogP contribution in [-0.2, 0) is 12.8 Å². The average molecular weight is 425 g/mol. The molecule has 3 rings (SSSR count). The molecule has 0 bridgehead atoms. The molecule has 31 heavy (non-hydrogen) atoms. The van der Waals surface area contributed by atoms with Gasteiger partial charge in [-0.3, -0.25) is 0 Å². The number of ether oxygens (including phenoxy) is 4. The van der Waals surface area contributed by atoms with Crippen molar-refractivity contribution in [3.63, 3.8) is 0 Å². The minimum absolute atomic E-state index is 0.147. The Bertz CT molecular complexity index is 1030. The Morgan fingerprint density at radius 1 is 0.903 bits per heavy atom. The Kier molecular flexibility index (Phi) is 7.37. The van der Waals surface area contributed by atoms with Gasteiger partial charge in [-0.2, -0.15) is 4.98 Å². The molecule has 164 valence electrons. The largest absolute Gasteiger partial charge is 0.497 e. The van der Waals surface area contributed by atoms with E-state index in [9.17, 15) is 0 Å². The summed E-state index contributed by atoms with van der Waals surface area (Å²) in [6.07, 6.45) is 3.84. The lowest BCUT2D eigenvalue weighted by atomic mass is 10.1. The monoisotopic (exact) mass is 424 g/mol. The minimum atomic E-state index is 0.147. The molecule has 0 saturated carbocycles. The van der Waals surface area contributed by atoms with Crippen molar-refractivity contribution in [3.8, 4) is 23.0 Å². The summed E-state index contributed by atoms with van der Waals surface area (Å²) in [5.41, 5.74) is 14.5. The fraction of sp³-hybridized carbons (Fsp3) is 0.304. The number of hydrogen-bond donors (Lipinski definition) is 2. The Labute approximate surface area is 182 Å². The van der Waals surface area contributed by atoms with Crippen LogP contribution in [0.1, 0.15) is 23.1 Å². The van der Waals surface area contributed by atoms with Crippen molar-refractivity contribution in [1.29, 1.82) is 0 Å². The number of nitrogen functional groups attached to an aromatic ring is 2. The molecule has 0 atom stereocenters. The van der Waals surface area contributed by atoms with Gasteiger partial charge in [0.25, 0.3) is 0 Å². The van der Waals surface area contributed by atoms with E-state index in [1.807, 2.05) is 30.3 Å². The molecular formula is C23H28N4O4. The second-order valence-electron chi connectivity index (χ2n) is 6.95. The van der Waals surface area contributed by atoms with E-state index in [1.165, 1.54) is 5.56 Å². The van der Waals surface area contributed by atoms with Crippen molar-refractivity contribution in [2.45, 2.75) is 19.3 Å². The molecule has 8 nitrogen and oxygen atoms in total. The van der Waals surface area contributed by atoms with E-state index in [-0.39, 0.29) is 5.95 Å². The van der Waals surface area contributed by atoms with Crippen molar-refractivity contribution in [2.24, 2.45) is 0 Å². The number of benzene rings is 2. The van der Waals surface area contributed by atoms with Gasteiger partial charge in [-0.15, -0.1) is 0 Å². The number of nitrogens with zero attached hydrogens (tertiary/aromatic N) is 2. The average Bonchev–Trinajstić information content (AvgIpc) is 2.78. The van der Waals surface area contributed by atoms with Gasteiger partial charge < -0.3 is 30.4 Å². The van der Waals surface area contributed by atoms with Crippen molar-refractivity contribution in [1.82, 2.24) is 9.97 Å². The first kappa shape index (κ1) is 22.0. The molecule has 8 heteroatoms. The van der Waals surface area contributed by atoms with Gasteiger partial charge in [0.2, 0.25) is 11.7 Å². The maximum atomic E-state index is 6.06. The normalized spacial score (nSPS) is 10.5. The lowest BCUT2D eigenvalue weighted by Gasteiger charge is -2.16. The molecular weight excluding hydrogens is 396 g/mol. The van der Waals surface area contributed by atoms with Crippen LogP contribution in [0.4, 0.5) is 11.8 Å². The number of rotatable bonds is 10. The molecule has 3 aromatic rings. The fourth-order valence-corrected chi connectivity index (χ4v) is 3.27. The Morgan fingerprint density at radius 3 is 2.42 bits per heavy atom. The number of hydrogen-bond acceptors (Lipinski definition) is 8. The number of aromatic nitrogens is 2. The van der Waals surface area contributed by atoms with Crippen LogP contribution in [0.3, 0.4) is 0 Å². The zero-order valence-electron chi connectivity index (χ0n) is 18.1. The third-order valence-electron chi connectivity index (χ3n) is 4.82. The van der Waals surface area contributed by atoms with Gasteiger partial charge in [0, 0.05) is 18.2 Å². The molecule has 0 saturated heterocycles. The van der Waals surface area contributed by atoms with Crippen LogP contribution in [-0.4, -0.2) is 37.9 Å². The highest BCUT2D eigenvalue weighted by molar-refractivity contribution is 5.55. The van der Waals surface area contributed by atoms with Crippen LogP contribution in [0.15, 0.2) is 42.6 Å². The van der Waals surface area contributed by atoms with Gasteiger partial charge in [-0.25, -0.2) is 4.98 Å². The number of methoxy groups -OCH3 is 3. The first-order valence-electron chi connectivity index (χ1n) is 9.91. The number of aryl methyl sites for hydroxylation is 1. The van der Waals surface area contributed by atoms with Crippen molar-refractivity contribution < 1.29 is 18.9 Å². The highest BCUT2D eigenvalue weighted by Crippen LogP contribution is 2.39. The summed E-state index contributed by atoms with van der Waals surface area (Å²) >= 11 is 0. The Morgan fingerprint density at radius 2 is 1.71 bits per heavy atom. The molecule has 2 aromatic carbocycles. The maximum Gasteiger partial charge on any atom is 0.221 e. The topological polar surface area (TPSA) is 115 Å². The van der Waals surface area contributed by atoms with Crippen LogP contribution >= 0.6 is 0 Å². The smallest absolute Gasteiger partial charge is 0.221 e. The van der Waals surface area contributed by atoms with Crippen molar-refractivity contribution in [2.75, 3.05) is 39.4 Å². The van der Waals surface area contributed by atoms with Gasteiger partial charge in [-0.1, -0.05) is 12.1 Å². The lowest BCUT2D eigenvalue weighted by Crippen LogP contribution is -2.06. The van der Waals surface area contributed by atoms with E-state index in [2.05, 4.69) is 16.0 Å². The predicted octanol–water partition coefficient (Wildman–Crippen LogP) is 3.27. The quantitative estimate of drug-likeness (QED) is 0.477. The van der Waals surface area contributed by atoms with Gasteiger partial charge in [0.05, 0.1) is 27.9 Å². The van der Waals surface area contributed by atoms with Crippen LogP contribution in [0.5, 0.6) is 23.0 Å². The molecule has 0 aliphatic rings. The first-order chi connectivity index (χ1) is 15.0. The molecule has 4 N–H and O–H groups in total. The van der Waals surface area contributed by atoms with E-state index in [1.54, 1.807) is 27.5 Å². The Balaban J connectivity index is 1.72. The second kappa shape index (κ2) is 10.4. The highest BCUT2D eigenvalue weighted by Gasteiger charge is 2.15. The summed E-state index contributed by atoms with van der Waals surface area (Å²) in [7, 11) is 4.85. The molecule has 0 radical (unpaired) electrons. The van der Waals surface area contributed by atoms with Crippen LogP contribution in [0, 0.1) is 0 Å². The predicted molar refractivity (Wildman–Crippen MR) is 120 cm³/mol. The molecule has 0 fully saturated rings. The summed E-state index contributed by atoms with van der Waals surface area (Å²) < 4.78 is 22.4. The molecule has 0 aliphatic carbocycles. The SMILES string of the molecule is COc1cccc(CCCOc2cc(Cc3cnc(N)nc3N)cc(OC)c2OC)c1. The van der Waals surface area contributed by atoms with E-state index in [4.69, 9.17) is 30.4 Å². The van der Waals surface area contributed by atoms with Crippen LogP contribution in [0.25, 0.3) is 0 Å². The van der Waals surface area contributed by atoms with E-state index >= 15 is 0 Å². The van der Waals surface area contributed by atoms with Crippen molar-refractivity contribution >= 4 is 11.8 Å². The summed E-state index contributed by atoms with van der Waals surface area (Å²) in [6, 6.07) is 11.8. The second-order valence-corrected chi connectivity index (χ2v) is 6.95. The maximum absolute atomic E-state index is 6.06. The van der Waals surface area contributed by atoms with Gasteiger partial charge >= 0.3 is 0 Å². The molecule has 0 aliphatic heterocycles. The molecule has 1 aromatic heterocycles. The molecule has 0 unspecified atom stereocenters. The van der Waals surface area contributed by atoms with Gasteiger partial charge in [0.1, 0.15) is 11.6 Å². The molecule has 1 heterocycles. The highest BCUT2D eigenvalue weighted by atomic mass is 16.5. The van der Waals surface area contributed by atoms with Crippen molar-refractivity contribution in [3.05, 3.63) is 59.3 Å². The van der Waals surface area contributed by atoms with Gasteiger partial charge in [-0.05, 0) is 48.2 Å². The number of nitrogens with two attached hydrogens (primary N) is 2. The van der Waals surface area contributed by atoms with E-state index < -0.39 is 0 Å². The first-order valence-corrected chi connectivity index (χ1v) is 9.91. The Hall–Kier alpha value is -3.68. The van der Waals surface area contributed by atoms with E-state index in [0.717, 1.165) is 29.7 Å². The summed E-state index contributed by atoms with van der Waals surface area (Å²) in [5.74, 6) is 3.09. The number of anilines is 2. The lowest BCUT2D eigenvalue weighted by molar-refractivity contribution is 0.279. The van der Waals surface area contributed by atoms with Crippen LogP contribution in [0.2, 0.25) is 0 Å². The van der Waals surface area contributed by atoms with E-state index in [0.29, 0.717) is 36.1 Å². The van der Waals surface area contributed by atoms with Gasteiger partial charge in [0.15, 0.2) is 11.5 Å². The minimum Gasteiger partial charge on any atom is -0.497 e. The molecule has 0 spiro atoms. The summed E-state index contributed by atoms with van der Waals surface area (Å²) in [5, 5.41) is 0. The summed E-state index contributed by atoms with van der Waals surface area (Å²) in [6.45, 7) is 0.521. The van der Waals surface area contributed by atoms with Crippen LogP contribution < -0.4 is 30.4 Å². The third kappa shape index (κ3) is 5.69. The summed E-state index contributed by atoms with van der Waals surface area (Å²) in [4.78, 5) is 8.05. The zero-order chi connectivity index (χ0) is 22.2. The zero-order valence-corrected chi connectivity index (χ0v) is 18.1. The molecule has 0 amide bonds. The standard InChI is InChI=1S/C23H28N4O4/c1-28-18-8-4-6-15(11-18)7-5-9-31-20-13-16(12-19(29-2)21(20)30-3)10-17-14-26-23(25)27-22(17)24/h4,6,8,11-14H,5,7,9-10H2,1-3H3,(H4,24,25,26,27).